The molecule has 0 saturated heterocycles. The molecule has 1 atom stereocenters. The van der Waals surface area contributed by atoms with Crippen LogP contribution in [0.5, 0.6) is 5.75 Å². The Morgan fingerprint density at radius 2 is 2.00 bits per heavy atom. The largest absolute Gasteiger partial charge is 0.503 e. The maximum atomic E-state index is 13.4. The minimum atomic E-state index is -0.903. The molecule has 1 aliphatic heterocycles. The van der Waals surface area contributed by atoms with Crippen LogP contribution in [0.3, 0.4) is 0 Å². The van der Waals surface area contributed by atoms with Crippen molar-refractivity contribution in [1.29, 1.82) is 0 Å². The number of amides is 1. The van der Waals surface area contributed by atoms with Gasteiger partial charge in [0.25, 0.3) is 5.91 Å². The number of fused-ring (bicyclic) bond motifs is 1. The van der Waals surface area contributed by atoms with Crippen LogP contribution in [0.1, 0.15) is 48.3 Å². The van der Waals surface area contributed by atoms with Crippen LogP contribution in [0, 0.1) is 0 Å². The second kappa shape index (κ2) is 10.2. The SMILES string of the molecule is CCCCCOc1ccc(C2C(C(=O)c3ccco3)=C(O)C(=O)N2c2nc3ccc(Cl)cc3s2)cc1. The number of ether oxygens (including phenoxy) is 1. The third-order valence-corrected chi connectivity index (χ3v) is 7.21. The first-order chi connectivity index (χ1) is 17.5. The van der Waals surface area contributed by atoms with Gasteiger partial charge in [-0.3, -0.25) is 14.5 Å². The highest BCUT2D eigenvalue weighted by Gasteiger charge is 2.46. The molecule has 5 rings (SSSR count). The molecule has 0 radical (unpaired) electrons. The van der Waals surface area contributed by atoms with Gasteiger partial charge in [0.15, 0.2) is 16.7 Å². The normalized spacial score (nSPS) is 15.8. The fourth-order valence-corrected chi connectivity index (χ4v) is 5.44. The van der Waals surface area contributed by atoms with E-state index in [2.05, 4.69) is 11.9 Å². The highest BCUT2D eigenvalue weighted by molar-refractivity contribution is 7.22. The first-order valence-electron chi connectivity index (χ1n) is 11.6. The van der Waals surface area contributed by atoms with Gasteiger partial charge in [-0.1, -0.05) is 54.8 Å². The first-order valence-corrected chi connectivity index (χ1v) is 12.8. The van der Waals surface area contributed by atoms with Gasteiger partial charge in [0.05, 0.1) is 34.7 Å². The summed E-state index contributed by atoms with van der Waals surface area (Å²) < 4.78 is 11.9. The predicted octanol–water partition coefficient (Wildman–Crippen LogP) is 6.89. The Morgan fingerprint density at radius 1 is 1.19 bits per heavy atom. The van der Waals surface area contributed by atoms with Crippen molar-refractivity contribution in [3.63, 3.8) is 0 Å². The number of aromatic nitrogens is 1. The van der Waals surface area contributed by atoms with Crippen molar-refractivity contribution in [2.45, 2.75) is 32.2 Å². The molecule has 9 heteroatoms. The zero-order valence-corrected chi connectivity index (χ0v) is 21.0. The number of hydrogen-bond donors (Lipinski definition) is 1. The number of anilines is 1. The number of aliphatic hydroxyl groups is 1. The lowest BCUT2D eigenvalue weighted by Gasteiger charge is -2.24. The van der Waals surface area contributed by atoms with Crippen LogP contribution in [0.2, 0.25) is 5.02 Å². The summed E-state index contributed by atoms with van der Waals surface area (Å²) in [5.74, 6) is -1.18. The Morgan fingerprint density at radius 3 is 2.72 bits per heavy atom. The minimum absolute atomic E-state index is 0.0307. The molecule has 1 unspecified atom stereocenters. The summed E-state index contributed by atoms with van der Waals surface area (Å²) in [6.07, 6.45) is 4.53. The number of carbonyl (C=O) groups is 2. The van der Waals surface area contributed by atoms with E-state index in [1.165, 1.54) is 28.6 Å². The van der Waals surface area contributed by atoms with Crippen molar-refractivity contribution in [1.82, 2.24) is 4.98 Å². The van der Waals surface area contributed by atoms with Crippen molar-refractivity contribution in [2.24, 2.45) is 0 Å². The molecule has 1 N–H and O–H groups in total. The number of aliphatic hydroxyl groups excluding tert-OH is 1. The lowest BCUT2D eigenvalue weighted by molar-refractivity contribution is -0.117. The van der Waals surface area contributed by atoms with Crippen LogP contribution in [0.25, 0.3) is 10.2 Å². The molecule has 1 aliphatic rings. The molecule has 1 amide bonds. The number of carbonyl (C=O) groups excluding carboxylic acids is 2. The van der Waals surface area contributed by atoms with E-state index in [-0.39, 0.29) is 11.3 Å². The number of hydrogen-bond acceptors (Lipinski definition) is 7. The molecule has 0 fully saturated rings. The molecule has 0 spiro atoms. The molecule has 36 heavy (non-hydrogen) atoms. The molecule has 0 saturated carbocycles. The van der Waals surface area contributed by atoms with E-state index < -0.39 is 23.5 Å². The highest BCUT2D eigenvalue weighted by Crippen LogP contribution is 2.44. The van der Waals surface area contributed by atoms with Crippen LogP contribution in [-0.4, -0.2) is 28.4 Å². The van der Waals surface area contributed by atoms with E-state index in [4.69, 9.17) is 20.8 Å². The zero-order valence-electron chi connectivity index (χ0n) is 19.4. The topological polar surface area (TPSA) is 92.9 Å². The van der Waals surface area contributed by atoms with Crippen molar-refractivity contribution in [3.8, 4) is 5.75 Å². The van der Waals surface area contributed by atoms with Gasteiger partial charge in [0.2, 0.25) is 5.78 Å². The van der Waals surface area contributed by atoms with Crippen molar-refractivity contribution in [3.05, 3.63) is 88.5 Å². The van der Waals surface area contributed by atoms with Crippen LogP contribution in [0.4, 0.5) is 5.13 Å². The summed E-state index contributed by atoms with van der Waals surface area (Å²) in [6.45, 7) is 2.74. The van der Waals surface area contributed by atoms with Gasteiger partial charge in [-0.05, 0) is 54.4 Å². The number of thiazole rings is 1. The fraction of sp³-hybridized carbons (Fsp3) is 0.222. The van der Waals surface area contributed by atoms with Crippen molar-refractivity contribution in [2.75, 3.05) is 11.5 Å². The van der Waals surface area contributed by atoms with E-state index in [0.717, 1.165) is 24.0 Å². The van der Waals surface area contributed by atoms with Crippen LogP contribution in [-0.2, 0) is 4.79 Å². The second-order valence-corrected chi connectivity index (χ2v) is 9.83. The van der Waals surface area contributed by atoms with E-state index in [0.29, 0.717) is 33.6 Å². The standard InChI is InChI=1S/C27H23ClN2O5S/c1-2-3-4-13-34-18-10-7-16(8-11-18)23-22(24(31)20-6-5-14-35-20)25(32)26(33)30(23)27-29-19-12-9-17(28)15-21(19)36-27/h5-12,14-15,23,32H,2-4,13H2,1H3. The highest BCUT2D eigenvalue weighted by atomic mass is 35.5. The third-order valence-electron chi connectivity index (χ3n) is 5.96. The maximum absolute atomic E-state index is 13.4. The molecule has 4 aromatic rings. The Hall–Kier alpha value is -3.62. The summed E-state index contributed by atoms with van der Waals surface area (Å²) in [4.78, 5) is 32.6. The lowest BCUT2D eigenvalue weighted by atomic mass is 9.95. The summed E-state index contributed by atoms with van der Waals surface area (Å²) in [6, 6.07) is 14.6. The van der Waals surface area contributed by atoms with Gasteiger partial charge >= 0.3 is 0 Å². The molecule has 0 aliphatic carbocycles. The average Bonchev–Trinajstić information content (AvgIpc) is 3.61. The smallest absolute Gasteiger partial charge is 0.296 e. The monoisotopic (exact) mass is 522 g/mol. The summed E-state index contributed by atoms with van der Waals surface area (Å²) in [5.41, 5.74) is 1.22. The summed E-state index contributed by atoms with van der Waals surface area (Å²) >= 11 is 7.39. The van der Waals surface area contributed by atoms with E-state index in [1.54, 1.807) is 48.5 Å². The number of benzene rings is 2. The first kappa shape index (κ1) is 24.1. The quantitative estimate of drug-likeness (QED) is 0.190. The average molecular weight is 523 g/mol. The number of nitrogens with zero attached hydrogens (tertiary/aromatic N) is 2. The van der Waals surface area contributed by atoms with Gasteiger partial charge in [-0.15, -0.1) is 0 Å². The number of rotatable bonds is 9. The molecule has 3 heterocycles. The van der Waals surface area contributed by atoms with Gasteiger partial charge in [-0.25, -0.2) is 4.98 Å². The Labute approximate surface area is 216 Å². The van der Waals surface area contributed by atoms with E-state index >= 15 is 0 Å². The predicted molar refractivity (Wildman–Crippen MR) is 139 cm³/mol. The van der Waals surface area contributed by atoms with Gasteiger partial charge in [0, 0.05) is 5.02 Å². The minimum Gasteiger partial charge on any atom is -0.503 e. The van der Waals surface area contributed by atoms with Crippen molar-refractivity contribution >= 4 is 50.0 Å². The molecular weight excluding hydrogens is 500 g/mol. The van der Waals surface area contributed by atoms with Crippen LogP contribution in [0.15, 0.2) is 76.6 Å². The molecule has 0 bridgehead atoms. The lowest BCUT2D eigenvalue weighted by Crippen LogP contribution is -2.30. The third kappa shape index (κ3) is 4.50. The molecule has 7 nitrogen and oxygen atoms in total. The van der Waals surface area contributed by atoms with E-state index in [1.807, 2.05) is 0 Å². The summed E-state index contributed by atoms with van der Waals surface area (Å²) in [5, 5.41) is 11.8. The van der Waals surface area contributed by atoms with E-state index in [9.17, 15) is 14.7 Å². The second-order valence-electron chi connectivity index (χ2n) is 8.38. The Kier molecular flexibility index (Phi) is 6.80. The number of halogens is 1. The maximum Gasteiger partial charge on any atom is 0.296 e. The fourth-order valence-electron chi connectivity index (χ4n) is 4.17. The van der Waals surface area contributed by atoms with Gasteiger partial charge < -0.3 is 14.3 Å². The molecular formula is C27H23ClN2O5S. The number of Topliss-reactive ketones (excluding diaryl/α,β-unsaturated/α-hetero) is 1. The Balaban J connectivity index is 1.55. The van der Waals surface area contributed by atoms with Crippen LogP contribution < -0.4 is 9.64 Å². The number of unbranched alkanes of at least 4 members (excludes halogenated alkanes) is 2. The Bertz CT molecular complexity index is 1440. The molecule has 2 aromatic carbocycles. The number of furan rings is 1. The molecule has 2 aromatic heterocycles. The van der Waals surface area contributed by atoms with Gasteiger partial charge in [0.1, 0.15) is 5.75 Å². The summed E-state index contributed by atoms with van der Waals surface area (Å²) in [7, 11) is 0. The van der Waals surface area contributed by atoms with Crippen LogP contribution >= 0.6 is 22.9 Å². The van der Waals surface area contributed by atoms with Crippen molar-refractivity contribution < 1.29 is 23.8 Å². The number of ketones is 1. The van der Waals surface area contributed by atoms with Gasteiger partial charge in [-0.2, -0.15) is 0 Å². The zero-order chi connectivity index (χ0) is 25.2. The molecule has 184 valence electrons.